The van der Waals surface area contributed by atoms with Gasteiger partial charge in [0.1, 0.15) is 0 Å². The summed E-state index contributed by atoms with van der Waals surface area (Å²) in [4.78, 5) is 17.9. The normalized spacial score (nSPS) is 16.6. The molecule has 0 radical (unpaired) electrons. The summed E-state index contributed by atoms with van der Waals surface area (Å²) in [6.45, 7) is 0. The predicted molar refractivity (Wildman–Crippen MR) is 96.5 cm³/mol. The molecule has 8 heteroatoms. The smallest absolute Gasteiger partial charge is 0.257 e. The molecule has 2 aromatic rings. The number of carbonyl (C=O) groups excluding carboxylic acids is 1. The van der Waals surface area contributed by atoms with Crippen LogP contribution in [0, 0.1) is 0 Å². The van der Waals surface area contributed by atoms with Crippen molar-refractivity contribution >= 4 is 62.3 Å². The van der Waals surface area contributed by atoms with Crippen molar-refractivity contribution in [3.8, 4) is 0 Å². The zero-order chi connectivity index (χ0) is 15.0. The van der Waals surface area contributed by atoms with Crippen LogP contribution in [0.3, 0.4) is 0 Å². The first kappa shape index (κ1) is 17.7. The Morgan fingerprint density at radius 1 is 1.50 bits per heavy atom. The van der Waals surface area contributed by atoms with Gasteiger partial charge in [0, 0.05) is 21.0 Å². The van der Waals surface area contributed by atoms with Crippen molar-refractivity contribution in [3.63, 3.8) is 0 Å². The van der Waals surface area contributed by atoms with E-state index < -0.39 is 0 Å². The van der Waals surface area contributed by atoms with Crippen molar-refractivity contribution in [2.75, 3.05) is 5.32 Å². The quantitative estimate of drug-likeness (QED) is 0.766. The Morgan fingerprint density at radius 2 is 2.27 bits per heavy atom. The Labute approximate surface area is 152 Å². The van der Waals surface area contributed by atoms with Gasteiger partial charge in [-0.2, -0.15) is 0 Å². The van der Waals surface area contributed by atoms with E-state index in [9.17, 15) is 4.79 Å². The van der Waals surface area contributed by atoms with Gasteiger partial charge in [0.25, 0.3) is 5.91 Å². The number of hydrogen-bond acceptors (Lipinski definition) is 4. The summed E-state index contributed by atoms with van der Waals surface area (Å²) in [6.07, 6.45) is 2.67. The minimum atomic E-state index is -0.209. The topological polar surface area (TPSA) is 68.0 Å². The lowest BCUT2D eigenvalue weighted by molar-refractivity contribution is 0.102. The molecule has 118 valence electrons. The van der Waals surface area contributed by atoms with E-state index in [1.807, 2.05) is 0 Å². The van der Waals surface area contributed by atoms with Crippen LogP contribution in [0.15, 0.2) is 22.7 Å². The van der Waals surface area contributed by atoms with Gasteiger partial charge in [0.15, 0.2) is 5.13 Å². The molecule has 3 N–H and O–H groups in total. The summed E-state index contributed by atoms with van der Waals surface area (Å²) >= 11 is 10.8. The maximum absolute atomic E-state index is 12.2. The van der Waals surface area contributed by atoms with Crippen LogP contribution >= 0.6 is 51.3 Å². The van der Waals surface area contributed by atoms with Gasteiger partial charge in [0.05, 0.1) is 10.7 Å². The van der Waals surface area contributed by atoms with Crippen LogP contribution in [0.5, 0.6) is 0 Å². The van der Waals surface area contributed by atoms with E-state index in [4.69, 9.17) is 17.3 Å². The average molecular weight is 423 g/mol. The summed E-state index contributed by atoms with van der Waals surface area (Å²) in [5.41, 5.74) is 7.52. The molecule has 1 heterocycles. The molecule has 0 spiro atoms. The number of carbonyl (C=O) groups is 1. The van der Waals surface area contributed by atoms with E-state index in [1.54, 1.807) is 18.2 Å². The minimum absolute atomic E-state index is 0. The summed E-state index contributed by atoms with van der Waals surface area (Å²) in [7, 11) is 0. The highest BCUT2D eigenvalue weighted by Gasteiger charge is 2.21. The fourth-order valence-electron chi connectivity index (χ4n) is 2.26. The van der Waals surface area contributed by atoms with Gasteiger partial charge in [-0.05, 0) is 53.4 Å². The number of halogens is 3. The summed E-state index contributed by atoms with van der Waals surface area (Å²) < 4.78 is 0.763. The maximum Gasteiger partial charge on any atom is 0.257 e. The SMILES string of the molecule is Cl.N[C@H]1CCc2nc(NC(=O)c3ccc(Br)c(Cl)c3)sc2C1. The van der Waals surface area contributed by atoms with Crippen LogP contribution in [0.1, 0.15) is 27.3 Å². The first-order chi connectivity index (χ1) is 10.0. The molecular formula is C14H14BrCl2N3OS. The van der Waals surface area contributed by atoms with E-state index in [-0.39, 0.29) is 24.4 Å². The molecule has 3 rings (SSSR count). The molecule has 1 amide bonds. The van der Waals surface area contributed by atoms with Gasteiger partial charge in [-0.25, -0.2) is 4.98 Å². The maximum atomic E-state index is 12.2. The molecule has 1 aliphatic rings. The van der Waals surface area contributed by atoms with Crippen molar-refractivity contribution in [2.45, 2.75) is 25.3 Å². The lowest BCUT2D eigenvalue weighted by Gasteiger charge is -2.15. The zero-order valence-electron chi connectivity index (χ0n) is 11.4. The van der Waals surface area contributed by atoms with Gasteiger partial charge in [-0.15, -0.1) is 23.7 Å². The molecular weight excluding hydrogens is 409 g/mol. The number of benzene rings is 1. The lowest BCUT2D eigenvalue weighted by atomic mass is 9.99. The number of thiazole rings is 1. The number of rotatable bonds is 2. The summed E-state index contributed by atoms with van der Waals surface area (Å²) in [5, 5.41) is 3.96. The number of fused-ring (bicyclic) bond motifs is 1. The number of nitrogens with zero attached hydrogens (tertiary/aromatic N) is 1. The van der Waals surface area contributed by atoms with Gasteiger partial charge >= 0.3 is 0 Å². The Hall–Kier alpha value is -0.660. The molecule has 1 aromatic carbocycles. The van der Waals surface area contributed by atoms with Crippen LogP contribution in [-0.2, 0) is 12.8 Å². The van der Waals surface area contributed by atoms with E-state index in [2.05, 4.69) is 26.2 Å². The number of nitrogens with one attached hydrogen (secondary N) is 1. The van der Waals surface area contributed by atoms with Crippen molar-refractivity contribution in [2.24, 2.45) is 5.73 Å². The van der Waals surface area contributed by atoms with Crippen molar-refractivity contribution in [3.05, 3.63) is 43.8 Å². The van der Waals surface area contributed by atoms with Crippen molar-refractivity contribution in [1.82, 2.24) is 4.98 Å². The fraction of sp³-hybridized carbons (Fsp3) is 0.286. The molecule has 22 heavy (non-hydrogen) atoms. The van der Waals surface area contributed by atoms with Crippen LogP contribution < -0.4 is 11.1 Å². The summed E-state index contributed by atoms with van der Waals surface area (Å²) in [5.74, 6) is -0.209. The monoisotopic (exact) mass is 421 g/mol. The molecule has 0 fully saturated rings. The number of aromatic nitrogens is 1. The third kappa shape index (κ3) is 3.81. The van der Waals surface area contributed by atoms with Gasteiger partial charge in [0.2, 0.25) is 0 Å². The third-order valence-corrected chi connectivity index (χ3v) is 5.65. The summed E-state index contributed by atoms with van der Waals surface area (Å²) in [6, 6.07) is 5.30. The number of nitrogens with two attached hydrogens (primary N) is 1. The Kier molecular flexibility index (Phi) is 5.85. The Balaban J connectivity index is 0.00000176. The second-order valence-electron chi connectivity index (χ2n) is 4.97. The molecule has 0 bridgehead atoms. The first-order valence-corrected chi connectivity index (χ1v) is 8.52. The highest BCUT2D eigenvalue weighted by atomic mass is 79.9. The van der Waals surface area contributed by atoms with Crippen LogP contribution in [0.2, 0.25) is 5.02 Å². The molecule has 1 aliphatic carbocycles. The molecule has 1 aromatic heterocycles. The number of hydrogen-bond donors (Lipinski definition) is 2. The number of aryl methyl sites for hydroxylation is 1. The minimum Gasteiger partial charge on any atom is -0.327 e. The standard InChI is InChI=1S/C14H13BrClN3OS.ClH/c15-9-3-1-7(5-10(9)16)13(20)19-14-18-11-4-2-8(17)6-12(11)21-14;/h1,3,5,8H,2,4,6,17H2,(H,18,19,20);1H/t8-;/m0./s1. The zero-order valence-corrected chi connectivity index (χ0v) is 15.4. The van der Waals surface area contributed by atoms with Crippen molar-refractivity contribution in [1.29, 1.82) is 0 Å². The van der Waals surface area contributed by atoms with E-state index in [1.165, 1.54) is 16.2 Å². The second kappa shape index (κ2) is 7.27. The van der Waals surface area contributed by atoms with Gasteiger partial charge in [-0.3, -0.25) is 10.1 Å². The van der Waals surface area contributed by atoms with Crippen molar-refractivity contribution < 1.29 is 4.79 Å². The van der Waals surface area contributed by atoms with Crippen LogP contribution in [-0.4, -0.2) is 16.9 Å². The Bertz CT molecular complexity index is 707. The highest BCUT2D eigenvalue weighted by molar-refractivity contribution is 9.10. The molecule has 0 saturated heterocycles. The average Bonchev–Trinajstić information content (AvgIpc) is 2.83. The Morgan fingerprint density at radius 3 is 3.00 bits per heavy atom. The highest BCUT2D eigenvalue weighted by Crippen LogP contribution is 2.30. The second-order valence-corrected chi connectivity index (χ2v) is 7.32. The van der Waals surface area contributed by atoms with Gasteiger partial charge < -0.3 is 5.73 Å². The molecule has 0 saturated carbocycles. The largest absolute Gasteiger partial charge is 0.327 e. The fourth-order valence-corrected chi connectivity index (χ4v) is 3.78. The van der Waals surface area contributed by atoms with E-state index in [0.29, 0.717) is 15.7 Å². The van der Waals surface area contributed by atoms with E-state index in [0.717, 1.165) is 29.4 Å². The van der Waals surface area contributed by atoms with Crippen LogP contribution in [0.25, 0.3) is 0 Å². The first-order valence-electron chi connectivity index (χ1n) is 6.53. The molecule has 0 aliphatic heterocycles. The molecule has 1 atom stereocenters. The predicted octanol–water partition coefficient (Wildman–Crippen LogP) is 4.05. The number of anilines is 1. The van der Waals surface area contributed by atoms with Gasteiger partial charge in [-0.1, -0.05) is 11.6 Å². The third-order valence-electron chi connectivity index (χ3n) is 3.38. The lowest BCUT2D eigenvalue weighted by Crippen LogP contribution is -2.27. The molecule has 4 nitrogen and oxygen atoms in total. The van der Waals surface area contributed by atoms with E-state index >= 15 is 0 Å². The molecule has 0 unspecified atom stereocenters. The van der Waals surface area contributed by atoms with Crippen LogP contribution in [0.4, 0.5) is 5.13 Å². The number of amides is 1.